The number of nitrogens with zero attached hydrogens (tertiary/aromatic N) is 1. The first kappa shape index (κ1) is 26.3. The second-order valence-corrected chi connectivity index (χ2v) is 8.05. The monoisotopic (exact) mass is 356 g/mol. The van der Waals surface area contributed by atoms with Gasteiger partial charge in [-0.15, -0.1) is 0 Å². The van der Waals surface area contributed by atoms with E-state index in [0.29, 0.717) is 6.04 Å². The van der Waals surface area contributed by atoms with Gasteiger partial charge in [0.1, 0.15) is 0 Å². The Morgan fingerprint density at radius 2 is 0.923 bits per heavy atom. The first-order valence-electron chi connectivity index (χ1n) is 11.6. The SMILES string of the molecule is CCCCCCCCCCN(CCCCCCCCCC)C1[CH]C=C1.[LiH]. The van der Waals surface area contributed by atoms with E-state index in [9.17, 15) is 0 Å². The molecule has 0 saturated carbocycles. The van der Waals surface area contributed by atoms with Gasteiger partial charge < -0.3 is 0 Å². The van der Waals surface area contributed by atoms with Gasteiger partial charge in [0, 0.05) is 12.5 Å². The van der Waals surface area contributed by atoms with Crippen LogP contribution in [0.25, 0.3) is 0 Å². The van der Waals surface area contributed by atoms with Crippen molar-refractivity contribution < 1.29 is 0 Å². The fourth-order valence-electron chi connectivity index (χ4n) is 3.76. The minimum atomic E-state index is 0. The van der Waals surface area contributed by atoms with Gasteiger partial charge in [0.25, 0.3) is 0 Å². The molecule has 0 amide bonds. The molecule has 1 aliphatic rings. The van der Waals surface area contributed by atoms with Crippen LogP contribution < -0.4 is 0 Å². The van der Waals surface area contributed by atoms with Crippen molar-refractivity contribution in [3.63, 3.8) is 0 Å². The Morgan fingerprint density at radius 1 is 0.577 bits per heavy atom. The molecule has 26 heavy (non-hydrogen) atoms. The summed E-state index contributed by atoms with van der Waals surface area (Å²) >= 11 is 0. The summed E-state index contributed by atoms with van der Waals surface area (Å²) in [6, 6.07) is 0.647. The standard InChI is InChI=1S/C24H46N.Li.H/c1-3-5-7-9-11-13-15-17-22-25(24-20-19-21-24)23-18-16-14-12-10-8-6-4-2;;/h19-21,24H,3-18,22-23H2,1-2H3;;. The number of hydrogen-bond acceptors (Lipinski definition) is 1. The molecule has 1 nitrogen and oxygen atoms in total. The summed E-state index contributed by atoms with van der Waals surface area (Å²) < 4.78 is 0. The van der Waals surface area contributed by atoms with Gasteiger partial charge in [0.15, 0.2) is 0 Å². The van der Waals surface area contributed by atoms with Crippen molar-refractivity contribution in [2.45, 2.75) is 123 Å². The minimum absolute atomic E-state index is 0. The van der Waals surface area contributed by atoms with Crippen molar-refractivity contribution >= 4 is 18.9 Å². The van der Waals surface area contributed by atoms with Crippen molar-refractivity contribution in [1.82, 2.24) is 4.90 Å². The van der Waals surface area contributed by atoms with E-state index in [1.54, 1.807) is 0 Å². The molecule has 1 radical (unpaired) electrons. The van der Waals surface area contributed by atoms with Crippen molar-refractivity contribution in [2.75, 3.05) is 13.1 Å². The van der Waals surface area contributed by atoms with E-state index in [1.165, 1.54) is 116 Å². The molecule has 149 valence electrons. The predicted octanol–water partition coefficient (Wildman–Crippen LogP) is 7.06. The Labute approximate surface area is 177 Å². The van der Waals surface area contributed by atoms with Gasteiger partial charge in [-0.25, -0.2) is 0 Å². The molecule has 0 fully saturated rings. The van der Waals surface area contributed by atoms with E-state index >= 15 is 0 Å². The molecule has 2 heteroatoms. The van der Waals surface area contributed by atoms with E-state index in [4.69, 9.17) is 0 Å². The molecule has 0 aliphatic heterocycles. The summed E-state index contributed by atoms with van der Waals surface area (Å²) in [7, 11) is 0. The van der Waals surface area contributed by atoms with E-state index in [-0.39, 0.29) is 18.9 Å². The van der Waals surface area contributed by atoms with Crippen LogP contribution in [0.4, 0.5) is 0 Å². The van der Waals surface area contributed by atoms with E-state index in [0.717, 1.165) is 0 Å². The van der Waals surface area contributed by atoms with Crippen LogP contribution in [0, 0.1) is 6.42 Å². The Balaban J connectivity index is 0.00000625. The molecule has 0 saturated heterocycles. The maximum atomic E-state index is 2.72. The molecule has 1 atom stereocenters. The first-order valence-corrected chi connectivity index (χ1v) is 11.6. The maximum absolute atomic E-state index is 2.72. The zero-order valence-corrected chi connectivity index (χ0v) is 17.5. The molecule has 0 spiro atoms. The van der Waals surface area contributed by atoms with Gasteiger partial charge in [-0.05, 0) is 25.9 Å². The molecule has 0 aromatic heterocycles. The van der Waals surface area contributed by atoms with Crippen LogP contribution in [0.2, 0.25) is 0 Å². The fourth-order valence-corrected chi connectivity index (χ4v) is 3.76. The van der Waals surface area contributed by atoms with E-state index < -0.39 is 0 Å². The average Bonchev–Trinajstić information content (AvgIpc) is 2.57. The Hall–Kier alpha value is 0.297. The van der Waals surface area contributed by atoms with E-state index in [1.807, 2.05) is 0 Å². The van der Waals surface area contributed by atoms with Gasteiger partial charge in [-0.2, -0.15) is 0 Å². The zero-order valence-electron chi connectivity index (χ0n) is 17.5. The zero-order chi connectivity index (χ0) is 18.0. The molecule has 0 bridgehead atoms. The van der Waals surface area contributed by atoms with Crippen molar-refractivity contribution in [3.05, 3.63) is 18.6 Å². The molecule has 1 unspecified atom stereocenters. The summed E-state index contributed by atoms with van der Waals surface area (Å²) in [5.74, 6) is 0. The molecule has 0 aromatic rings. The van der Waals surface area contributed by atoms with Gasteiger partial charge in [-0.3, -0.25) is 4.90 Å². The van der Waals surface area contributed by atoms with E-state index in [2.05, 4.69) is 37.3 Å². The van der Waals surface area contributed by atoms with Gasteiger partial charge in [0.2, 0.25) is 0 Å². The molecular weight excluding hydrogens is 309 g/mol. The van der Waals surface area contributed by atoms with Crippen molar-refractivity contribution in [2.24, 2.45) is 0 Å². The van der Waals surface area contributed by atoms with Crippen LogP contribution >= 0.6 is 0 Å². The average molecular weight is 357 g/mol. The van der Waals surface area contributed by atoms with Crippen LogP contribution in [-0.2, 0) is 0 Å². The van der Waals surface area contributed by atoms with Crippen LogP contribution in [-0.4, -0.2) is 42.9 Å². The number of rotatable bonds is 19. The molecular formula is C24H47LiN. The molecule has 1 rings (SSSR count). The van der Waals surface area contributed by atoms with Crippen LogP contribution in [0.5, 0.6) is 0 Å². The second-order valence-electron chi connectivity index (χ2n) is 8.05. The fraction of sp³-hybridized carbons (Fsp3) is 0.875. The summed E-state index contributed by atoms with van der Waals surface area (Å²) in [5.41, 5.74) is 0. The topological polar surface area (TPSA) is 3.24 Å². The third-order valence-electron chi connectivity index (χ3n) is 5.64. The normalized spacial score (nSPS) is 15.9. The molecule has 0 N–H and O–H groups in total. The Morgan fingerprint density at radius 3 is 1.23 bits per heavy atom. The number of unbranched alkanes of at least 4 members (excludes halogenated alkanes) is 14. The van der Waals surface area contributed by atoms with Crippen LogP contribution in [0.1, 0.15) is 117 Å². The third kappa shape index (κ3) is 14.4. The summed E-state index contributed by atoms with van der Waals surface area (Å²) in [5, 5.41) is 0. The summed E-state index contributed by atoms with van der Waals surface area (Å²) in [4.78, 5) is 2.72. The molecule has 1 aliphatic carbocycles. The Bertz CT molecular complexity index is 283. The van der Waals surface area contributed by atoms with Crippen molar-refractivity contribution in [3.8, 4) is 0 Å². The first-order chi connectivity index (χ1) is 12.4. The number of hydrogen-bond donors (Lipinski definition) is 0. The van der Waals surface area contributed by atoms with Crippen molar-refractivity contribution in [1.29, 1.82) is 0 Å². The molecule has 0 heterocycles. The van der Waals surface area contributed by atoms with Gasteiger partial charge >= 0.3 is 18.9 Å². The Kier molecular flexibility index (Phi) is 20.3. The van der Waals surface area contributed by atoms with Crippen LogP contribution in [0.3, 0.4) is 0 Å². The summed E-state index contributed by atoms with van der Waals surface area (Å²) in [6.07, 6.45) is 29.8. The predicted molar refractivity (Wildman–Crippen MR) is 121 cm³/mol. The van der Waals surface area contributed by atoms with Gasteiger partial charge in [0.05, 0.1) is 0 Å². The van der Waals surface area contributed by atoms with Gasteiger partial charge in [-0.1, -0.05) is 116 Å². The molecule has 0 aromatic carbocycles. The van der Waals surface area contributed by atoms with Crippen LogP contribution in [0.15, 0.2) is 12.2 Å². The quantitative estimate of drug-likeness (QED) is 0.177. The summed E-state index contributed by atoms with van der Waals surface area (Å²) in [6.45, 7) is 7.20. The second kappa shape index (κ2) is 20.0. The third-order valence-corrected chi connectivity index (χ3v) is 5.64.